The molecule has 0 spiro atoms. The lowest BCUT2D eigenvalue weighted by Gasteiger charge is -2.29. The molecule has 330 valence electrons. The Morgan fingerprint density at radius 2 is 0.829 bits per heavy atom. The van der Waals surface area contributed by atoms with Crippen molar-refractivity contribution in [1.82, 2.24) is 4.57 Å². The minimum atomic E-state index is 1.08. The van der Waals surface area contributed by atoms with Crippen LogP contribution in [0.25, 0.3) is 81.0 Å². The quantitative estimate of drug-likeness (QED) is 0.135. The summed E-state index contributed by atoms with van der Waals surface area (Å²) in [5.41, 5.74) is 17.1. The largest absolute Gasteiger partial charge is 0.310 e. The first kappa shape index (κ1) is 41.2. The number of thiophene rings is 1. The molecule has 2 aromatic heterocycles. The molecule has 0 saturated heterocycles. The summed E-state index contributed by atoms with van der Waals surface area (Å²) in [7, 11) is 0. The summed E-state index contributed by atoms with van der Waals surface area (Å²) in [6.07, 6.45) is 0. The van der Waals surface area contributed by atoms with E-state index in [-0.39, 0.29) is 0 Å². The number of benzene rings is 11. The van der Waals surface area contributed by atoms with Crippen LogP contribution in [0.4, 0.5) is 34.1 Å². The van der Waals surface area contributed by atoms with Crippen LogP contribution in [0.1, 0.15) is 0 Å². The summed E-state index contributed by atoms with van der Waals surface area (Å²) < 4.78 is 5.07. The van der Waals surface area contributed by atoms with Crippen LogP contribution in [0.5, 0.6) is 0 Å². The van der Waals surface area contributed by atoms with E-state index in [0.717, 1.165) is 50.9 Å². The number of para-hydroxylation sites is 3. The van der Waals surface area contributed by atoms with Gasteiger partial charge < -0.3 is 14.4 Å². The minimum Gasteiger partial charge on any atom is -0.310 e. The summed E-state index contributed by atoms with van der Waals surface area (Å²) in [6.45, 7) is 0. The molecule has 13 aromatic rings. The van der Waals surface area contributed by atoms with E-state index in [4.69, 9.17) is 0 Å². The van der Waals surface area contributed by atoms with Gasteiger partial charge in [-0.15, -0.1) is 11.3 Å². The number of fused-ring (bicyclic) bond motifs is 7. The van der Waals surface area contributed by atoms with Gasteiger partial charge in [-0.2, -0.15) is 0 Å². The lowest BCUT2D eigenvalue weighted by atomic mass is 10.00. The minimum absolute atomic E-state index is 1.08. The van der Waals surface area contributed by atoms with E-state index < -0.39 is 0 Å². The van der Waals surface area contributed by atoms with Crippen LogP contribution >= 0.6 is 11.3 Å². The molecule has 0 saturated carbocycles. The molecule has 0 radical (unpaired) electrons. The molecule has 0 amide bonds. The van der Waals surface area contributed by atoms with Gasteiger partial charge in [0.05, 0.1) is 16.7 Å². The van der Waals surface area contributed by atoms with Gasteiger partial charge in [0.15, 0.2) is 0 Å². The third-order valence-corrected chi connectivity index (χ3v) is 14.7. The summed E-state index contributed by atoms with van der Waals surface area (Å²) in [4.78, 5) is 4.78. The first-order valence-corrected chi connectivity index (χ1v) is 24.6. The van der Waals surface area contributed by atoms with E-state index in [1.54, 1.807) is 0 Å². The second-order valence-corrected chi connectivity index (χ2v) is 18.8. The normalized spacial score (nSPS) is 11.4. The first-order chi connectivity index (χ1) is 34.7. The van der Waals surface area contributed by atoms with Crippen LogP contribution in [0.3, 0.4) is 0 Å². The van der Waals surface area contributed by atoms with Crippen LogP contribution in [0.15, 0.2) is 273 Å². The molecule has 13 rings (SSSR count). The Hall–Kier alpha value is -8.96. The maximum Gasteiger partial charge on any atom is 0.0634 e. The maximum atomic E-state index is 2.47. The Labute approximate surface area is 411 Å². The van der Waals surface area contributed by atoms with Crippen molar-refractivity contribution in [2.75, 3.05) is 9.80 Å². The predicted molar refractivity (Wildman–Crippen MR) is 299 cm³/mol. The Bertz CT molecular complexity index is 3970. The van der Waals surface area contributed by atoms with E-state index in [1.807, 2.05) is 11.3 Å². The van der Waals surface area contributed by atoms with Crippen molar-refractivity contribution < 1.29 is 0 Å². The van der Waals surface area contributed by atoms with Crippen LogP contribution < -0.4 is 9.80 Å². The number of rotatable bonds is 10. The highest BCUT2D eigenvalue weighted by Crippen LogP contribution is 2.47. The van der Waals surface area contributed by atoms with Crippen molar-refractivity contribution in [3.8, 4) is 39.1 Å². The highest BCUT2D eigenvalue weighted by atomic mass is 32.1. The summed E-state index contributed by atoms with van der Waals surface area (Å²) >= 11 is 1.87. The van der Waals surface area contributed by atoms with E-state index in [1.165, 1.54) is 64.2 Å². The van der Waals surface area contributed by atoms with Gasteiger partial charge in [0.1, 0.15) is 0 Å². The average molecular weight is 912 g/mol. The van der Waals surface area contributed by atoms with Gasteiger partial charge in [-0.05, 0) is 125 Å². The van der Waals surface area contributed by atoms with E-state index in [0.29, 0.717) is 0 Å². The average Bonchev–Trinajstić information content (AvgIpc) is 3.98. The molecular weight excluding hydrogens is 867 g/mol. The molecule has 0 fully saturated rings. The van der Waals surface area contributed by atoms with Crippen LogP contribution in [0.2, 0.25) is 0 Å². The van der Waals surface area contributed by atoms with Crippen molar-refractivity contribution in [1.29, 1.82) is 0 Å². The van der Waals surface area contributed by atoms with Gasteiger partial charge in [-0.1, -0.05) is 176 Å². The number of nitrogens with zero attached hydrogens (tertiary/aromatic N) is 3. The third kappa shape index (κ3) is 7.30. The molecule has 3 nitrogen and oxygen atoms in total. The fraction of sp³-hybridized carbons (Fsp3) is 0. The standard InChI is InChI=1S/C66H45N3S/c1-5-18-46(19-6-1)48-32-36-53(37-33-48)67(55-27-17-22-50(44-55)47-20-7-2-8-21-47)54-38-34-49(35-39-54)57-28-13-15-30-61(57)68(51-23-9-3-10-24-51)56-40-42-62-60(45-56)58-41-43-64-65(59-29-14-16-31-63(59)70-64)66(58)69(62)52-25-11-4-12-26-52/h1-45H. The fourth-order valence-electron chi connectivity index (χ4n) is 10.3. The second kappa shape index (κ2) is 17.6. The predicted octanol–water partition coefficient (Wildman–Crippen LogP) is 19.1. The number of hydrogen-bond donors (Lipinski definition) is 0. The monoisotopic (exact) mass is 911 g/mol. The highest BCUT2D eigenvalue weighted by Gasteiger charge is 2.23. The van der Waals surface area contributed by atoms with Gasteiger partial charge in [0, 0.05) is 70.6 Å². The maximum absolute atomic E-state index is 2.47. The molecule has 0 aliphatic carbocycles. The van der Waals surface area contributed by atoms with Gasteiger partial charge in [0.25, 0.3) is 0 Å². The van der Waals surface area contributed by atoms with Crippen molar-refractivity contribution in [3.05, 3.63) is 273 Å². The van der Waals surface area contributed by atoms with Gasteiger partial charge in [-0.3, -0.25) is 0 Å². The van der Waals surface area contributed by atoms with E-state index >= 15 is 0 Å². The zero-order chi connectivity index (χ0) is 46.4. The van der Waals surface area contributed by atoms with E-state index in [2.05, 4.69) is 287 Å². The van der Waals surface area contributed by atoms with Crippen LogP contribution in [0, 0.1) is 0 Å². The Morgan fingerprint density at radius 1 is 0.300 bits per heavy atom. The topological polar surface area (TPSA) is 11.4 Å². The Kier molecular flexibility index (Phi) is 10.4. The summed E-state index contributed by atoms with van der Waals surface area (Å²) in [6, 6.07) is 98.9. The smallest absolute Gasteiger partial charge is 0.0634 e. The van der Waals surface area contributed by atoms with Gasteiger partial charge in [0.2, 0.25) is 0 Å². The molecule has 0 atom stereocenters. The molecular formula is C66H45N3S. The molecule has 0 aliphatic heterocycles. The van der Waals surface area contributed by atoms with Crippen molar-refractivity contribution in [2.45, 2.75) is 0 Å². The Morgan fingerprint density at radius 3 is 1.56 bits per heavy atom. The zero-order valence-electron chi connectivity index (χ0n) is 38.2. The highest BCUT2D eigenvalue weighted by molar-refractivity contribution is 7.26. The lowest BCUT2D eigenvalue weighted by molar-refractivity contribution is 1.19. The Balaban J connectivity index is 0.941. The van der Waals surface area contributed by atoms with Gasteiger partial charge >= 0.3 is 0 Å². The fourth-order valence-corrected chi connectivity index (χ4v) is 11.4. The van der Waals surface area contributed by atoms with Crippen molar-refractivity contribution >= 4 is 87.4 Å². The first-order valence-electron chi connectivity index (χ1n) is 23.8. The van der Waals surface area contributed by atoms with Crippen LogP contribution in [-0.2, 0) is 0 Å². The second-order valence-electron chi connectivity index (χ2n) is 17.7. The molecule has 2 heterocycles. The van der Waals surface area contributed by atoms with Gasteiger partial charge in [-0.25, -0.2) is 0 Å². The van der Waals surface area contributed by atoms with Crippen molar-refractivity contribution in [2.24, 2.45) is 0 Å². The van der Waals surface area contributed by atoms with Crippen LogP contribution in [-0.4, -0.2) is 4.57 Å². The van der Waals surface area contributed by atoms with E-state index in [9.17, 15) is 0 Å². The summed E-state index contributed by atoms with van der Waals surface area (Å²) in [5, 5.41) is 5.05. The van der Waals surface area contributed by atoms with Crippen molar-refractivity contribution in [3.63, 3.8) is 0 Å². The molecule has 0 bridgehead atoms. The molecule has 0 N–H and O–H groups in total. The third-order valence-electron chi connectivity index (χ3n) is 13.6. The number of anilines is 6. The SMILES string of the molecule is c1ccc(-c2ccc(N(c3ccc(-c4ccccc4N(c4ccccc4)c4ccc5c(c4)c4ccc6sc7ccccc7c6c4n5-c4ccccc4)cc3)c3cccc(-c4ccccc4)c3)cc2)cc1. The number of hydrogen-bond acceptors (Lipinski definition) is 3. The molecule has 0 aliphatic rings. The lowest BCUT2D eigenvalue weighted by Crippen LogP contribution is -2.11. The summed E-state index contributed by atoms with van der Waals surface area (Å²) in [5.74, 6) is 0. The molecule has 4 heteroatoms. The number of aromatic nitrogens is 1. The molecule has 11 aromatic carbocycles. The zero-order valence-corrected chi connectivity index (χ0v) is 39.0. The molecule has 0 unspecified atom stereocenters. The molecule has 70 heavy (non-hydrogen) atoms.